The summed E-state index contributed by atoms with van der Waals surface area (Å²) in [6.45, 7) is 1.65. The minimum Gasteiger partial charge on any atom is -0.348 e. The number of halogens is 1. The Morgan fingerprint density at radius 3 is 2.20 bits per heavy atom. The van der Waals surface area contributed by atoms with Gasteiger partial charge in [0.05, 0.1) is 16.6 Å². The summed E-state index contributed by atoms with van der Waals surface area (Å²) in [5, 5.41) is 2.96. The number of carbonyl (C=O) groups excluding carboxylic acids is 1. The molecular weight excluding hydrogens is 464 g/mol. The highest BCUT2D eigenvalue weighted by Crippen LogP contribution is 2.26. The molecule has 3 rings (SSSR count). The second-order valence-electron chi connectivity index (χ2n) is 6.74. The van der Waals surface area contributed by atoms with Crippen LogP contribution in [0, 0.1) is 0 Å². The first-order valence-electron chi connectivity index (χ1n) is 9.59. The zero-order chi connectivity index (χ0) is 21.6. The third-order valence-corrected chi connectivity index (χ3v) is 6.94. The van der Waals surface area contributed by atoms with Crippen LogP contribution in [0.1, 0.15) is 24.9 Å². The van der Waals surface area contributed by atoms with Crippen molar-refractivity contribution in [3.05, 3.63) is 95.0 Å². The summed E-state index contributed by atoms with van der Waals surface area (Å²) < 4.78 is 28.5. The lowest BCUT2D eigenvalue weighted by Crippen LogP contribution is -2.42. The van der Waals surface area contributed by atoms with E-state index < -0.39 is 10.0 Å². The summed E-state index contributed by atoms with van der Waals surface area (Å²) in [6.07, 6.45) is 0.693. The molecule has 0 saturated carbocycles. The smallest absolute Gasteiger partial charge is 0.264 e. The van der Waals surface area contributed by atoms with Crippen LogP contribution in [0.4, 0.5) is 5.69 Å². The predicted octanol–water partition coefficient (Wildman–Crippen LogP) is 4.91. The Morgan fingerprint density at radius 2 is 1.60 bits per heavy atom. The fourth-order valence-electron chi connectivity index (χ4n) is 3.14. The molecule has 5 nitrogen and oxygen atoms in total. The lowest BCUT2D eigenvalue weighted by atomic mass is 10.0. The first kappa shape index (κ1) is 22.1. The van der Waals surface area contributed by atoms with Crippen molar-refractivity contribution in [3.8, 4) is 0 Å². The van der Waals surface area contributed by atoms with Gasteiger partial charge in [0.1, 0.15) is 6.54 Å². The van der Waals surface area contributed by atoms with Crippen molar-refractivity contribution >= 4 is 37.5 Å². The van der Waals surface area contributed by atoms with Gasteiger partial charge in [-0.3, -0.25) is 9.10 Å². The van der Waals surface area contributed by atoms with E-state index in [0.717, 1.165) is 14.3 Å². The van der Waals surface area contributed by atoms with Crippen LogP contribution in [0.2, 0.25) is 0 Å². The number of rotatable bonds is 8. The van der Waals surface area contributed by atoms with Gasteiger partial charge in [0, 0.05) is 4.47 Å². The van der Waals surface area contributed by atoms with Gasteiger partial charge in [0.25, 0.3) is 10.0 Å². The van der Waals surface area contributed by atoms with Gasteiger partial charge in [-0.2, -0.15) is 0 Å². The number of hydrogen-bond donors (Lipinski definition) is 1. The van der Waals surface area contributed by atoms with Crippen LogP contribution in [0.25, 0.3) is 0 Å². The van der Waals surface area contributed by atoms with Crippen molar-refractivity contribution in [1.29, 1.82) is 0 Å². The molecule has 0 fully saturated rings. The molecule has 0 heterocycles. The maximum atomic E-state index is 13.3. The number of amides is 1. The van der Waals surface area contributed by atoms with Crippen molar-refractivity contribution in [2.75, 3.05) is 10.8 Å². The molecule has 3 aromatic rings. The number of nitrogens with zero attached hydrogens (tertiary/aromatic N) is 1. The summed E-state index contributed by atoms with van der Waals surface area (Å²) in [6, 6.07) is 24.5. The minimum atomic E-state index is -3.92. The Balaban J connectivity index is 1.90. The molecule has 30 heavy (non-hydrogen) atoms. The van der Waals surface area contributed by atoms with E-state index in [-0.39, 0.29) is 23.4 Å². The van der Waals surface area contributed by atoms with Gasteiger partial charge in [-0.05, 0) is 42.3 Å². The molecule has 0 aliphatic heterocycles. The van der Waals surface area contributed by atoms with Gasteiger partial charge in [0.2, 0.25) is 5.91 Å². The summed E-state index contributed by atoms with van der Waals surface area (Å²) in [7, 11) is -3.92. The summed E-state index contributed by atoms with van der Waals surface area (Å²) in [5.74, 6) is -0.370. The topological polar surface area (TPSA) is 66.5 Å². The molecule has 156 valence electrons. The van der Waals surface area contributed by atoms with Crippen molar-refractivity contribution in [2.24, 2.45) is 0 Å². The van der Waals surface area contributed by atoms with Gasteiger partial charge in [-0.25, -0.2) is 8.42 Å². The third-order valence-electron chi connectivity index (χ3n) is 4.66. The number of carbonyl (C=O) groups is 1. The average Bonchev–Trinajstić information content (AvgIpc) is 2.77. The quantitative estimate of drug-likeness (QED) is 0.491. The Labute approximate surface area is 185 Å². The van der Waals surface area contributed by atoms with E-state index in [1.165, 1.54) is 12.1 Å². The molecule has 0 radical (unpaired) electrons. The molecular formula is C23H23BrN2O3S. The van der Waals surface area contributed by atoms with E-state index in [2.05, 4.69) is 21.2 Å². The maximum absolute atomic E-state index is 13.3. The normalized spacial score (nSPS) is 12.2. The molecule has 0 aromatic heterocycles. The lowest BCUT2D eigenvalue weighted by molar-refractivity contribution is -0.120. The Morgan fingerprint density at radius 1 is 0.967 bits per heavy atom. The summed E-state index contributed by atoms with van der Waals surface area (Å²) >= 11 is 3.38. The molecule has 0 spiro atoms. The minimum absolute atomic E-state index is 0.132. The van der Waals surface area contributed by atoms with Gasteiger partial charge < -0.3 is 5.32 Å². The van der Waals surface area contributed by atoms with Crippen LogP contribution < -0.4 is 9.62 Å². The van der Waals surface area contributed by atoms with E-state index in [1.54, 1.807) is 42.5 Å². The Hall–Kier alpha value is -2.64. The van der Waals surface area contributed by atoms with Crippen LogP contribution in [-0.2, 0) is 14.8 Å². The second-order valence-corrected chi connectivity index (χ2v) is 9.52. The highest BCUT2D eigenvalue weighted by atomic mass is 79.9. The molecule has 7 heteroatoms. The first-order chi connectivity index (χ1) is 14.4. The summed E-state index contributed by atoms with van der Waals surface area (Å²) in [4.78, 5) is 13.0. The van der Waals surface area contributed by atoms with E-state index in [1.807, 2.05) is 37.3 Å². The number of benzene rings is 3. The largest absolute Gasteiger partial charge is 0.348 e. The van der Waals surface area contributed by atoms with E-state index in [4.69, 9.17) is 0 Å². The average molecular weight is 487 g/mol. The standard InChI is InChI=1S/C23H23BrN2O3S/c1-2-22(18-10-5-3-6-11-18)25-23(27)17-26(20-13-9-12-19(24)16-20)30(28,29)21-14-7-4-8-15-21/h3-16,22H,2,17H2,1H3,(H,25,27)/t22-/m0/s1. The molecule has 0 unspecified atom stereocenters. The maximum Gasteiger partial charge on any atom is 0.264 e. The molecule has 1 N–H and O–H groups in total. The third kappa shape index (κ3) is 5.29. The highest BCUT2D eigenvalue weighted by molar-refractivity contribution is 9.10. The number of nitrogens with one attached hydrogen (secondary N) is 1. The zero-order valence-corrected chi connectivity index (χ0v) is 18.9. The number of anilines is 1. The second kappa shape index (κ2) is 9.91. The van der Waals surface area contributed by atoms with Gasteiger partial charge in [-0.15, -0.1) is 0 Å². The highest BCUT2D eigenvalue weighted by Gasteiger charge is 2.28. The SMILES string of the molecule is CC[C@H](NC(=O)CN(c1cccc(Br)c1)S(=O)(=O)c1ccccc1)c1ccccc1. The van der Waals surface area contributed by atoms with E-state index in [9.17, 15) is 13.2 Å². The van der Waals surface area contributed by atoms with E-state index >= 15 is 0 Å². The number of hydrogen-bond acceptors (Lipinski definition) is 3. The van der Waals surface area contributed by atoms with Gasteiger partial charge in [-0.1, -0.05) is 77.5 Å². The summed E-state index contributed by atoms with van der Waals surface area (Å²) in [5.41, 5.74) is 1.39. The fraction of sp³-hybridized carbons (Fsp3) is 0.174. The van der Waals surface area contributed by atoms with Gasteiger partial charge >= 0.3 is 0 Å². The molecule has 0 bridgehead atoms. The first-order valence-corrected chi connectivity index (χ1v) is 11.8. The van der Waals surface area contributed by atoms with Crippen LogP contribution >= 0.6 is 15.9 Å². The molecule has 0 saturated heterocycles. The Bertz CT molecular complexity index is 1090. The molecule has 0 aliphatic carbocycles. The predicted molar refractivity (Wildman–Crippen MR) is 123 cm³/mol. The zero-order valence-electron chi connectivity index (χ0n) is 16.5. The van der Waals surface area contributed by atoms with Crippen LogP contribution in [0.3, 0.4) is 0 Å². The Kier molecular flexibility index (Phi) is 7.29. The van der Waals surface area contributed by atoms with Crippen LogP contribution in [0.15, 0.2) is 94.3 Å². The molecule has 0 aliphatic rings. The van der Waals surface area contributed by atoms with Gasteiger partial charge in [0.15, 0.2) is 0 Å². The molecule has 1 amide bonds. The van der Waals surface area contributed by atoms with Crippen LogP contribution in [0.5, 0.6) is 0 Å². The van der Waals surface area contributed by atoms with Crippen molar-refractivity contribution in [2.45, 2.75) is 24.3 Å². The molecule has 1 atom stereocenters. The fourth-order valence-corrected chi connectivity index (χ4v) is 4.96. The van der Waals surface area contributed by atoms with Crippen molar-refractivity contribution in [1.82, 2.24) is 5.32 Å². The monoisotopic (exact) mass is 486 g/mol. The van der Waals surface area contributed by atoms with Crippen molar-refractivity contribution < 1.29 is 13.2 Å². The van der Waals surface area contributed by atoms with E-state index in [0.29, 0.717) is 12.1 Å². The molecule has 3 aromatic carbocycles. The lowest BCUT2D eigenvalue weighted by Gasteiger charge is -2.26. The van der Waals surface area contributed by atoms with Crippen LogP contribution in [-0.4, -0.2) is 20.9 Å². The number of sulfonamides is 1. The van der Waals surface area contributed by atoms with Crippen molar-refractivity contribution in [3.63, 3.8) is 0 Å².